The Hall–Kier alpha value is -1.71. The highest BCUT2D eigenvalue weighted by atomic mass is 16.5. The molecule has 0 unspecified atom stereocenters. The van der Waals surface area contributed by atoms with Crippen LogP contribution in [0.25, 0.3) is 0 Å². The maximum atomic E-state index is 11.7. The second-order valence-corrected chi connectivity index (χ2v) is 5.55. The summed E-state index contributed by atoms with van der Waals surface area (Å²) in [7, 11) is 0. The molecule has 0 aliphatic heterocycles. The van der Waals surface area contributed by atoms with Gasteiger partial charge in [-0.2, -0.15) is 0 Å². The van der Waals surface area contributed by atoms with Crippen molar-refractivity contribution in [3.63, 3.8) is 0 Å². The van der Waals surface area contributed by atoms with Gasteiger partial charge in [-0.1, -0.05) is 38.8 Å². The zero-order valence-corrected chi connectivity index (χ0v) is 12.6. The molecule has 1 amide bonds. The lowest BCUT2D eigenvalue weighted by atomic mass is 10.0. The lowest BCUT2D eigenvalue weighted by Gasteiger charge is -2.15. The molecule has 112 valence electrons. The summed E-state index contributed by atoms with van der Waals surface area (Å²) in [6.07, 6.45) is 3.26. The van der Waals surface area contributed by atoms with E-state index < -0.39 is 0 Å². The van der Waals surface area contributed by atoms with Gasteiger partial charge in [0.15, 0.2) is 18.1 Å². The molecule has 4 heteroatoms. The number of aromatic hydroxyl groups is 1. The smallest absolute Gasteiger partial charge is 0.258 e. The Morgan fingerprint density at radius 1 is 1.25 bits per heavy atom. The fourth-order valence-electron chi connectivity index (χ4n) is 1.94. The molecule has 0 bridgehead atoms. The lowest BCUT2D eigenvalue weighted by Crippen LogP contribution is -2.36. The maximum absolute atomic E-state index is 11.7. The summed E-state index contributed by atoms with van der Waals surface area (Å²) in [6.45, 7) is 6.32. The minimum Gasteiger partial charge on any atom is -0.504 e. The molecule has 1 aromatic carbocycles. The predicted molar refractivity (Wildman–Crippen MR) is 79.9 cm³/mol. The van der Waals surface area contributed by atoms with E-state index in [1.165, 1.54) is 12.5 Å². The third kappa shape index (κ3) is 6.45. The van der Waals surface area contributed by atoms with E-state index in [1.807, 2.05) is 6.92 Å². The number of amides is 1. The molecule has 0 aliphatic rings. The molecule has 0 aliphatic carbocycles. The molecular formula is C16H25NO3. The largest absolute Gasteiger partial charge is 0.504 e. The molecule has 1 aromatic rings. The molecule has 20 heavy (non-hydrogen) atoms. The van der Waals surface area contributed by atoms with Crippen molar-refractivity contribution in [3.05, 3.63) is 24.3 Å². The quantitative estimate of drug-likeness (QED) is 0.768. The fourth-order valence-corrected chi connectivity index (χ4v) is 1.94. The lowest BCUT2D eigenvalue weighted by molar-refractivity contribution is -0.123. The summed E-state index contributed by atoms with van der Waals surface area (Å²) in [5, 5.41) is 12.4. The SMILES string of the molecule is CC(C)CCC[C@H](C)NC(=O)COc1ccccc1O. The zero-order chi connectivity index (χ0) is 15.0. The van der Waals surface area contributed by atoms with Crippen LogP contribution < -0.4 is 10.1 Å². The first-order valence-electron chi connectivity index (χ1n) is 7.19. The van der Waals surface area contributed by atoms with Gasteiger partial charge in [0.1, 0.15) is 0 Å². The first-order chi connectivity index (χ1) is 9.49. The van der Waals surface area contributed by atoms with Gasteiger partial charge in [0, 0.05) is 6.04 Å². The van der Waals surface area contributed by atoms with Crippen molar-refractivity contribution in [1.82, 2.24) is 5.32 Å². The van der Waals surface area contributed by atoms with Crippen LogP contribution in [0.5, 0.6) is 11.5 Å². The molecular weight excluding hydrogens is 254 g/mol. The van der Waals surface area contributed by atoms with E-state index >= 15 is 0 Å². The molecule has 0 fully saturated rings. The Morgan fingerprint density at radius 3 is 2.60 bits per heavy atom. The van der Waals surface area contributed by atoms with E-state index in [9.17, 15) is 9.90 Å². The number of phenols is 1. The van der Waals surface area contributed by atoms with Crippen LogP contribution in [0.2, 0.25) is 0 Å². The van der Waals surface area contributed by atoms with Gasteiger partial charge in [-0.3, -0.25) is 4.79 Å². The number of hydrogen-bond donors (Lipinski definition) is 2. The number of ether oxygens (including phenoxy) is 1. The number of carbonyl (C=O) groups excluding carboxylic acids is 1. The van der Waals surface area contributed by atoms with E-state index in [2.05, 4.69) is 19.2 Å². The molecule has 0 saturated carbocycles. The van der Waals surface area contributed by atoms with Crippen LogP contribution in [0.1, 0.15) is 40.0 Å². The summed E-state index contributed by atoms with van der Waals surface area (Å²) < 4.78 is 5.28. The Morgan fingerprint density at radius 2 is 1.95 bits per heavy atom. The number of hydrogen-bond acceptors (Lipinski definition) is 3. The average molecular weight is 279 g/mol. The van der Waals surface area contributed by atoms with Crippen LogP contribution in [0, 0.1) is 5.92 Å². The van der Waals surface area contributed by atoms with Gasteiger partial charge < -0.3 is 15.2 Å². The monoisotopic (exact) mass is 279 g/mol. The number of nitrogens with one attached hydrogen (secondary N) is 1. The van der Waals surface area contributed by atoms with Crippen molar-refractivity contribution in [2.45, 2.75) is 46.1 Å². The minimum absolute atomic E-state index is 0.0466. The molecule has 1 atom stereocenters. The summed E-state index contributed by atoms with van der Waals surface area (Å²) >= 11 is 0. The van der Waals surface area contributed by atoms with Gasteiger partial charge in [0.05, 0.1) is 0 Å². The van der Waals surface area contributed by atoms with Gasteiger partial charge in [-0.15, -0.1) is 0 Å². The van der Waals surface area contributed by atoms with Crippen LogP contribution in [-0.4, -0.2) is 23.7 Å². The third-order valence-electron chi connectivity index (χ3n) is 3.05. The van der Waals surface area contributed by atoms with E-state index in [-0.39, 0.29) is 24.3 Å². The van der Waals surface area contributed by atoms with Crippen LogP contribution in [0.4, 0.5) is 0 Å². The number of phenolic OH excluding ortho intramolecular Hbond substituents is 1. The summed E-state index contributed by atoms with van der Waals surface area (Å²) in [5.41, 5.74) is 0. The summed E-state index contributed by atoms with van der Waals surface area (Å²) in [6, 6.07) is 6.77. The normalized spacial score (nSPS) is 12.2. The van der Waals surface area contributed by atoms with Crippen LogP contribution >= 0.6 is 0 Å². The van der Waals surface area contributed by atoms with E-state index in [4.69, 9.17) is 4.74 Å². The molecule has 4 nitrogen and oxygen atoms in total. The summed E-state index contributed by atoms with van der Waals surface area (Å²) in [5.74, 6) is 0.910. The van der Waals surface area contributed by atoms with Gasteiger partial charge in [0.25, 0.3) is 5.91 Å². The topological polar surface area (TPSA) is 58.6 Å². The average Bonchev–Trinajstić information content (AvgIpc) is 2.37. The standard InChI is InChI=1S/C16H25NO3/c1-12(2)7-6-8-13(3)17-16(19)11-20-15-10-5-4-9-14(15)18/h4-5,9-10,12-13,18H,6-8,11H2,1-3H3,(H,17,19)/t13-/m0/s1. The fraction of sp³-hybridized carbons (Fsp3) is 0.562. The molecule has 1 rings (SSSR count). The van der Waals surface area contributed by atoms with Gasteiger partial charge >= 0.3 is 0 Å². The Labute approximate surface area is 121 Å². The first kappa shape index (κ1) is 16.3. The van der Waals surface area contributed by atoms with Gasteiger partial charge in [0.2, 0.25) is 0 Å². The number of para-hydroxylation sites is 2. The van der Waals surface area contributed by atoms with Gasteiger partial charge in [-0.25, -0.2) is 0 Å². The molecule has 0 saturated heterocycles. The van der Waals surface area contributed by atoms with Crippen LogP contribution in [-0.2, 0) is 4.79 Å². The van der Waals surface area contributed by atoms with Crippen molar-refractivity contribution in [3.8, 4) is 11.5 Å². The zero-order valence-electron chi connectivity index (χ0n) is 12.6. The first-order valence-corrected chi connectivity index (χ1v) is 7.19. The molecule has 0 spiro atoms. The second kappa shape index (κ2) is 8.46. The van der Waals surface area contributed by atoms with Crippen LogP contribution in [0.15, 0.2) is 24.3 Å². The van der Waals surface area contributed by atoms with Crippen molar-refractivity contribution in [2.24, 2.45) is 5.92 Å². The number of carbonyl (C=O) groups is 1. The number of rotatable bonds is 8. The third-order valence-corrected chi connectivity index (χ3v) is 3.05. The molecule has 0 aromatic heterocycles. The highest BCUT2D eigenvalue weighted by Crippen LogP contribution is 2.23. The van der Waals surface area contributed by atoms with E-state index in [0.29, 0.717) is 11.7 Å². The van der Waals surface area contributed by atoms with E-state index in [1.54, 1.807) is 18.2 Å². The molecule has 2 N–H and O–H groups in total. The minimum atomic E-state index is -0.162. The predicted octanol–water partition coefficient (Wildman–Crippen LogP) is 3.10. The van der Waals surface area contributed by atoms with Gasteiger partial charge in [-0.05, 0) is 31.4 Å². The maximum Gasteiger partial charge on any atom is 0.258 e. The van der Waals surface area contributed by atoms with Crippen LogP contribution in [0.3, 0.4) is 0 Å². The van der Waals surface area contributed by atoms with Crippen molar-refractivity contribution >= 4 is 5.91 Å². The van der Waals surface area contributed by atoms with Crippen molar-refractivity contribution < 1.29 is 14.6 Å². The van der Waals surface area contributed by atoms with E-state index in [0.717, 1.165) is 12.8 Å². The van der Waals surface area contributed by atoms with Crippen molar-refractivity contribution in [1.29, 1.82) is 0 Å². The second-order valence-electron chi connectivity index (χ2n) is 5.55. The highest BCUT2D eigenvalue weighted by Gasteiger charge is 2.09. The Bertz CT molecular complexity index is 418. The van der Waals surface area contributed by atoms with Crippen molar-refractivity contribution in [2.75, 3.05) is 6.61 Å². The summed E-state index contributed by atoms with van der Waals surface area (Å²) in [4.78, 5) is 11.7. The molecule has 0 heterocycles. The Kier molecular flexibility index (Phi) is 6.91. The highest BCUT2D eigenvalue weighted by molar-refractivity contribution is 5.77. The molecule has 0 radical (unpaired) electrons. The Balaban J connectivity index is 2.24. The number of benzene rings is 1.